The van der Waals surface area contributed by atoms with E-state index in [1.54, 1.807) is 0 Å². The standard InChI is InChI=1S/C24H46O4/c1-3-5-7-9-10-11-12-13-14-15-16-18-22-28-24(26)20-19-23(25)27-21-17-8-6-4-2/h3-22H2,1-2H3. The van der Waals surface area contributed by atoms with Gasteiger partial charge in [-0.05, 0) is 12.8 Å². The average molecular weight is 399 g/mol. The summed E-state index contributed by atoms with van der Waals surface area (Å²) in [6.07, 6.45) is 20.1. The van der Waals surface area contributed by atoms with Crippen LogP contribution in [0.3, 0.4) is 0 Å². The van der Waals surface area contributed by atoms with Crippen molar-refractivity contribution in [1.29, 1.82) is 0 Å². The summed E-state index contributed by atoms with van der Waals surface area (Å²) in [6.45, 7) is 5.35. The van der Waals surface area contributed by atoms with Crippen LogP contribution in [0.4, 0.5) is 0 Å². The number of rotatable bonds is 21. The van der Waals surface area contributed by atoms with Crippen molar-refractivity contribution in [3.8, 4) is 0 Å². The first kappa shape index (κ1) is 26.9. The van der Waals surface area contributed by atoms with E-state index in [0.29, 0.717) is 13.2 Å². The lowest BCUT2D eigenvalue weighted by Crippen LogP contribution is -2.11. The molecule has 4 nitrogen and oxygen atoms in total. The van der Waals surface area contributed by atoms with Gasteiger partial charge in [0.1, 0.15) is 0 Å². The zero-order chi connectivity index (χ0) is 20.7. The molecular formula is C24H46O4. The number of unbranched alkanes of at least 4 members (excludes halogenated alkanes) is 14. The van der Waals surface area contributed by atoms with Gasteiger partial charge in [0, 0.05) is 0 Å². The third-order valence-electron chi connectivity index (χ3n) is 5.06. The second kappa shape index (κ2) is 22.2. The van der Waals surface area contributed by atoms with Gasteiger partial charge in [-0.2, -0.15) is 0 Å². The SMILES string of the molecule is CCCCCCCCCCCCCCOC(=O)CCC(=O)OCCCCCC. The van der Waals surface area contributed by atoms with Gasteiger partial charge in [0.2, 0.25) is 0 Å². The van der Waals surface area contributed by atoms with Crippen LogP contribution in [0.2, 0.25) is 0 Å². The molecule has 0 N–H and O–H groups in total. The van der Waals surface area contributed by atoms with Crippen molar-refractivity contribution in [3.63, 3.8) is 0 Å². The molecule has 0 aliphatic heterocycles. The van der Waals surface area contributed by atoms with Gasteiger partial charge >= 0.3 is 11.9 Å². The van der Waals surface area contributed by atoms with Crippen LogP contribution < -0.4 is 0 Å². The maximum Gasteiger partial charge on any atom is 0.306 e. The normalized spacial score (nSPS) is 10.8. The number of hydrogen-bond acceptors (Lipinski definition) is 4. The Labute approximate surface area is 174 Å². The van der Waals surface area contributed by atoms with Crippen molar-refractivity contribution >= 4 is 11.9 Å². The van der Waals surface area contributed by atoms with Gasteiger partial charge in [-0.1, -0.05) is 104 Å². The minimum atomic E-state index is -0.293. The maximum atomic E-state index is 11.6. The van der Waals surface area contributed by atoms with Crippen LogP contribution in [0.5, 0.6) is 0 Å². The number of ether oxygens (including phenoxy) is 2. The first-order valence-corrected chi connectivity index (χ1v) is 12.0. The van der Waals surface area contributed by atoms with E-state index in [0.717, 1.165) is 25.7 Å². The van der Waals surface area contributed by atoms with E-state index in [9.17, 15) is 9.59 Å². The Morgan fingerprint density at radius 2 is 0.750 bits per heavy atom. The van der Waals surface area contributed by atoms with Gasteiger partial charge in [-0.25, -0.2) is 0 Å². The van der Waals surface area contributed by atoms with E-state index in [1.807, 2.05) is 0 Å². The molecule has 4 heteroatoms. The monoisotopic (exact) mass is 398 g/mol. The summed E-state index contributed by atoms with van der Waals surface area (Å²) in [6, 6.07) is 0. The highest BCUT2D eigenvalue weighted by Crippen LogP contribution is 2.12. The minimum Gasteiger partial charge on any atom is -0.466 e. The molecule has 0 aromatic carbocycles. The summed E-state index contributed by atoms with van der Waals surface area (Å²) in [5, 5.41) is 0. The molecule has 0 aliphatic carbocycles. The largest absolute Gasteiger partial charge is 0.466 e. The zero-order valence-corrected chi connectivity index (χ0v) is 18.8. The fourth-order valence-electron chi connectivity index (χ4n) is 3.19. The van der Waals surface area contributed by atoms with Gasteiger partial charge in [0.05, 0.1) is 26.1 Å². The van der Waals surface area contributed by atoms with E-state index in [-0.39, 0.29) is 24.8 Å². The van der Waals surface area contributed by atoms with E-state index >= 15 is 0 Å². The van der Waals surface area contributed by atoms with Gasteiger partial charge in [0.25, 0.3) is 0 Å². The Hall–Kier alpha value is -1.06. The second-order valence-corrected chi connectivity index (χ2v) is 7.89. The molecule has 0 spiro atoms. The Morgan fingerprint density at radius 1 is 0.464 bits per heavy atom. The first-order valence-electron chi connectivity index (χ1n) is 12.0. The molecule has 0 aromatic rings. The van der Waals surface area contributed by atoms with Crippen molar-refractivity contribution in [2.75, 3.05) is 13.2 Å². The number of carbonyl (C=O) groups is 2. The molecule has 28 heavy (non-hydrogen) atoms. The van der Waals surface area contributed by atoms with Gasteiger partial charge in [-0.3, -0.25) is 9.59 Å². The maximum absolute atomic E-state index is 11.6. The zero-order valence-electron chi connectivity index (χ0n) is 18.8. The van der Waals surface area contributed by atoms with Crippen LogP contribution in [0.25, 0.3) is 0 Å². The summed E-state index contributed by atoms with van der Waals surface area (Å²) in [4.78, 5) is 23.2. The van der Waals surface area contributed by atoms with Crippen molar-refractivity contribution < 1.29 is 19.1 Å². The van der Waals surface area contributed by atoms with E-state index < -0.39 is 0 Å². The molecule has 0 unspecified atom stereocenters. The molecule has 0 amide bonds. The molecule has 0 rings (SSSR count). The van der Waals surface area contributed by atoms with Crippen molar-refractivity contribution in [2.24, 2.45) is 0 Å². The summed E-state index contributed by atoms with van der Waals surface area (Å²) >= 11 is 0. The molecule has 0 aliphatic rings. The van der Waals surface area contributed by atoms with Gasteiger partial charge < -0.3 is 9.47 Å². The van der Waals surface area contributed by atoms with Gasteiger partial charge in [-0.15, -0.1) is 0 Å². The molecular weight excluding hydrogens is 352 g/mol. The number of esters is 2. The fourth-order valence-corrected chi connectivity index (χ4v) is 3.19. The average Bonchev–Trinajstić information content (AvgIpc) is 2.69. The van der Waals surface area contributed by atoms with Gasteiger partial charge in [0.15, 0.2) is 0 Å². The van der Waals surface area contributed by atoms with Crippen LogP contribution in [-0.2, 0) is 19.1 Å². The van der Waals surface area contributed by atoms with Crippen molar-refractivity contribution in [3.05, 3.63) is 0 Å². The van der Waals surface area contributed by atoms with Crippen molar-refractivity contribution in [1.82, 2.24) is 0 Å². The quantitative estimate of drug-likeness (QED) is 0.152. The number of carbonyl (C=O) groups excluding carboxylic acids is 2. The van der Waals surface area contributed by atoms with Crippen LogP contribution in [0.1, 0.15) is 129 Å². The molecule has 0 heterocycles. The molecule has 0 bridgehead atoms. The third kappa shape index (κ3) is 21.2. The second-order valence-electron chi connectivity index (χ2n) is 7.89. The minimum absolute atomic E-state index is 0.130. The topological polar surface area (TPSA) is 52.6 Å². The lowest BCUT2D eigenvalue weighted by molar-refractivity contribution is -0.150. The molecule has 0 fully saturated rings. The summed E-state index contributed by atoms with van der Waals surface area (Å²) < 4.78 is 10.3. The molecule has 166 valence electrons. The summed E-state index contributed by atoms with van der Waals surface area (Å²) in [7, 11) is 0. The lowest BCUT2D eigenvalue weighted by Gasteiger charge is -2.06. The molecule has 0 saturated carbocycles. The highest BCUT2D eigenvalue weighted by atomic mass is 16.5. The smallest absolute Gasteiger partial charge is 0.306 e. The predicted octanol–water partition coefficient (Wildman–Crippen LogP) is 7.13. The fraction of sp³-hybridized carbons (Fsp3) is 0.917. The predicted molar refractivity (Wildman–Crippen MR) is 116 cm³/mol. The Bertz CT molecular complexity index is 355. The van der Waals surface area contributed by atoms with E-state index in [2.05, 4.69) is 13.8 Å². The van der Waals surface area contributed by atoms with Crippen LogP contribution >= 0.6 is 0 Å². The molecule has 0 aromatic heterocycles. The van der Waals surface area contributed by atoms with E-state index in [1.165, 1.54) is 77.0 Å². The highest BCUT2D eigenvalue weighted by Gasteiger charge is 2.08. The molecule has 0 saturated heterocycles. The molecule has 0 radical (unpaired) electrons. The van der Waals surface area contributed by atoms with Crippen LogP contribution in [0, 0.1) is 0 Å². The third-order valence-corrected chi connectivity index (χ3v) is 5.06. The number of hydrogen-bond donors (Lipinski definition) is 0. The molecule has 0 atom stereocenters. The first-order chi connectivity index (χ1) is 13.7. The van der Waals surface area contributed by atoms with Crippen LogP contribution in [-0.4, -0.2) is 25.2 Å². The Balaban J connectivity index is 3.27. The van der Waals surface area contributed by atoms with Crippen molar-refractivity contribution in [2.45, 2.75) is 129 Å². The Kier molecular flexibility index (Phi) is 21.4. The summed E-state index contributed by atoms with van der Waals surface area (Å²) in [5.74, 6) is -0.579. The lowest BCUT2D eigenvalue weighted by atomic mass is 10.1. The van der Waals surface area contributed by atoms with E-state index in [4.69, 9.17) is 9.47 Å². The Morgan fingerprint density at radius 3 is 1.11 bits per heavy atom. The van der Waals surface area contributed by atoms with Crippen LogP contribution in [0.15, 0.2) is 0 Å². The highest BCUT2D eigenvalue weighted by molar-refractivity contribution is 5.77. The summed E-state index contributed by atoms with van der Waals surface area (Å²) in [5.41, 5.74) is 0.